The molecular weight excluding hydrogens is 258 g/mol. The fourth-order valence-corrected chi connectivity index (χ4v) is 4.38. The van der Waals surface area contributed by atoms with E-state index in [1.165, 1.54) is 10.4 Å². The minimum absolute atomic E-state index is 0.0775. The molecule has 104 valence electrons. The number of hydrogen-bond acceptors (Lipinski definition) is 3. The Morgan fingerprint density at radius 1 is 1.53 bits per heavy atom. The number of hydrogen-bond donors (Lipinski definition) is 2. The predicted octanol–water partition coefficient (Wildman–Crippen LogP) is 2.58. The zero-order chi connectivity index (χ0) is 13.5. The second-order valence-electron chi connectivity index (χ2n) is 6.05. The van der Waals surface area contributed by atoms with Crippen molar-refractivity contribution in [2.24, 2.45) is 5.92 Å². The van der Waals surface area contributed by atoms with E-state index >= 15 is 0 Å². The summed E-state index contributed by atoms with van der Waals surface area (Å²) >= 11 is 1.76. The Morgan fingerprint density at radius 2 is 2.26 bits per heavy atom. The Morgan fingerprint density at radius 3 is 2.84 bits per heavy atom. The molecule has 0 aliphatic heterocycles. The number of amides is 1. The van der Waals surface area contributed by atoms with E-state index in [2.05, 4.69) is 23.7 Å². The topological polar surface area (TPSA) is 49.3 Å². The summed E-state index contributed by atoms with van der Waals surface area (Å²) in [7, 11) is 0. The molecule has 0 spiro atoms. The van der Waals surface area contributed by atoms with Gasteiger partial charge in [0.05, 0.1) is 12.1 Å². The number of carbonyl (C=O) groups excluding carboxylic acids is 1. The summed E-state index contributed by atoms with van der Waals surface area (Å²) in [6.07, 6.45) is 5.03. The molecule has 0 radical (unpaired) electrons. The molecule has 1 aromatic rings. The van der Waals surface area contributed by atoms with Crippen molar-refractivity contribution in [3.8, 4) is 0 Å². The van der Waals surface area contributed by atoms with E-state index in [0.29, 0.717) is 5.92 Å². The van der Waals surface area contributed by atoms with Crippen LogP contribution in [-0.2, 0) is 4.79 Å². The van der Waals surface area contributed by atoms with Crippen molar-refractivity contribution in [1.29, 1.82) is 0 Å². The van der Waals surface area contributed by atoms with Gasteiger partial charge in [0.2, 0.25) is 5.91 Å². The summed E-state index contributed by atoms with van der Waals surface area (Å²) in [5.41, 5.74) is 0.984. The molecule has 0 aromatic carbocycles. The molecule has 0 bridgehead atoms. The number of nitrogens with one attached hydrogen (secondary N) is 1. The molecule has 1 aromatic heterocycles. The van der Waals surface area contributed by atoms with Gasteiger partial charge in [-0.2, -0.15) is 0 Å². The van der Waals surface area contributed by atoms with Crippen molar-refractivity contribution in [2.75, 3.05) is 6.61 Å². The largest absolute Gasteiger partial charge is 0.394 e. The first-order valence-corrected chi connectivity index (χ1v) is 8.00. The molecule has 2 N–H and O–H groups in total. The van der Waals surface area contributed by atoms with Crippen LogP contribution in [0.25, 0.3) is 0 Å². The summed E-state index contributed by atoms with van der Waals surface area (Å²) in [5.74, 6) is 0.687. The first-order chi connectivity index (χ1) is 9.15. The lowest BCUT2D eigenvalue weighted by molar-refractivity contribution is -0.124. The van der Waals surface area contributed by atoms with E-state index < -0.39 is 0 Å². The van der Waals surface area contributed by atoms with Crippen molar-refractivity contribution in [3.63, 3.8) is 0 Å². The van der Waals surface area contributed by atoms with E-state index in [9.17, 15) is 9.90 Å². The number of rotatable bonds is 4. The maximum Gasteiger partial charge on any atom is 0.224 e. The van der Waals surface area contributed by atoms with Crippen molar-refractivity contribution < 1.29 is 9.90 Å². The first-order valence-electron chi connectivity index (χ1n) is 7.12. The van der Waals surface area contributed by atoms with Crippen LogP contribution in [0.2, 0.25) is 0 Å². The highest BCUT2D eigenvalue weighted by Crippen LogP contribution is 2.50. The van der Waals surface area contributed by atoms with Gasteiger partial charge in [0.25, 0.3) is 0 Å². The molecule has 2 unspecified atom stereocenters. The third-order valence-corrected chi connectivity index (χ3v) is 5.77. The fourth-order valence-electron chi connectivity index (χ4n) is 3.27. The minimum Gasteiger partial charge on any atom is -0.394 e. The third-order valence-electron chi connectivity index (χ3n) is 4.62. The van der Waals surface area contributed by atoms with Crippen LogP contribution in [-0.4, -0.2) is 23.2 Å². The monoisotopic (exact) mass is 279 g/mol. The zero-order valence-corrected chi connectivity index (χ0v) is 12.1. The lowest BCUT2D eigenvalue weighted by Crippen LogP contribution is -2.49. The lowest BCUT2D eigenvalue weighted by Gasteiger charge is -2.28. The molecule has 0 saturated heterocycles. The van der Waals surface area contributed by atoms with Gasteiger partial charge in [-0.3, -0.25) is 4.79 Å². The molecule has 4 heteroatoms. The summed E-state index contributed by atoms with van der Waals surface area (Å²) in [5, 5.41) is 14.8. The number of aryl methyl sites for hydroxylation is 1. The molecule has 2 aliphatic rings. The van der Waals surface area contributed by atoms with Gasteiger partial charge in [-0.15, -0.1) is 11.3 Å². The second-order valence-corrected chi connectivity index (χ2v) is 7.00. The van der Waals surface area contributed by atoms with Gasteiger partial charge < -0.3 is 10.4 Å². The quantitative estimate of drug-likeness (QED) is 0.890. The predicted molar refractivity (Wildman–Crippen MR) is 76.3 cm³/mol. The Kier molecular flexibility index (Phi) is 3.39. The maximum atomic E-state index is 12.3. The van der Waals surface area contributed by atoms with Crippen LogP contribution in [0.4, 0.5) is 0 Å². The number of aliphatic hydroxyl groups is 1. The number of aliphatic hydroxyl groups excluding tert-OH is 1. The van der Waals surface area contributed by atoms with E-state index in [-0.39, 0.29) is 24.0 Å². The van der Waals surface area contributed by atoms with Crippen molar-refractivity contribution in [3.05, 3.63) is 21.9 Å². The molecule has 19 heavy (non-hydrogen) atoms. The summed E-state index contributed by atoms with van der Waals surface area (Å²) in [6, 6.07) is 2.12. The van der Waals surface area contributed by atoms with Crippen molar-refractivity contribution >= 4 is 17.2 Å². The normalized spacial score (nSPS) is 28.3. The van der Waals surface area contributed by atoms with E-state index in [0.717, 1.165) is 32.1 Å². The van der Waals surface area contributed by atoms with Crippen molar-refractivity contribution in [1.82, 2.24) is 5.32 Å². The van der Waals surface area contributed by atoms with Gasteiger partial charge in [0.1, 0.15) is 0 Å². The van der Waals surface area contributed by atoms with Gasteiger partial charge in [0.15, 0.2) is 0 Å². The molecule has 2 atom stereocenters. The van der Waals surface area contributed by atoms with E-state index in [4.69, 9.17) is 0 Å². The summed E-state index contributed by atoms with van der Waals surface area (Å²) in [6.45, 7) is 2.19. The third kappa shape index (κ3) is 2.43. The minimum atomic E-state index is -0.325. The van der Waals surface area contributed by atoms with Crippen LogP contribution < -0.4 is 5.32 Å². The summed E-state index contributed by atoms with van der Waals surface area (Å²) in [4.78, 5) is 13.7. The standard InChI is InChI=1S/C15H21NO2S/c1-10-4-7-19-13(10)11-8-12(11)14(18)16-15(9-17)5-2-3-6-15/h4,7,11-12,17H,2-3,5-6,8-9H2,1H3,(H,16,18). The fraction of sp³-hybridized carbons (Fsp3) is 0.667. The molecule has 1 amide bonds. The number of carbonyl (C=O) groups is 1. The molecule has 3 nitrogen and oxygen atoms in total. The van der Waals surface area contributed by atoms with Gasteiger partial charge in [0, 0.05) is 16.7 Å². The molecule has 2 saturated carbocycles. The van der Waals surface area contributed by atoms with Crippen LogP contribution in [0, 0.1) is 12.8 Å². The highest BCUT2D eigenvalue weighted by molar-refractivity contribution is 7.10. The first kappa shape index (κ1) is 13.1. The van der Waals surface area contributed by atoms with E-state index in [1.54, 1.807) is 11.3 Å². The van der Waals surface area contributed by atoms with Crippen molar-refractivity contribution in [2.45, 2.75) is 50.5 Å². The maximum absolute atomic E-state index is 12.3. The number of thiophene rings is 1. The van der Waals surface area contributed by atoms with Gasteiger partial charge in [-0.05, 0) is 43.2 Å². The Hall–Kier alpha value is -0.870. The lowest BCUT2D eigenvalue weighted by atomic mass is 9.98. The summed E-state index contributed by atoms with van der Waals surface area (Å²) < 4.78 is 0. The SMILES string of the molecule is Cc1ccsc1C1CC1C(=O)NC1(CO)CCCC1. The average Bonchev–Trinajstić information content (AvgIpc) is 2.86. The van der Waals surface area contributed by atoms with Crippen LogP contribution in [0.5, 0.6) is 0 Å². The van der Waals surface area contributed by atoms with Crippen LogP contribution in [0.15, 0.2) is 11.4 Å². The smallest absolute Gasteiger partial charge is 0.224 e. The van der Waals surface area contributed by atoms with Crippen LogP contribution >= 0.6 is 11.3 Å². The van der Waals surface area contributed by atoms with Crippen LogP contribution in [0.1, 0.15) is 48.5 Å². The van der Waals surface area contributed by atoms with Gasteiger partial charge in [-0.1, -0.05) is 12.8 Å². The van der Waals surface area contributed by atoms with Gasteiger partial charge >= 0.3 is 0 Å². The zero-order valence-electron chi connectivity index (χ0n) is 11.3. The Balaban J connectivity index is 1.62. The molecule has 1 heterocycles. The molecular formula is C15H21NO2S. The van der Waals surface area contributed by atoms with E-state index in [1.807, 2.05) is 0 Å². The molecule has 2 aliphatic carbocycles. The van der Waals surface area contributed by atoms with Gasteiger partial charge in [-0.25, -0.2) is 0 Å². The highest BCUT2D eigenvalue weighted by atomic mass is 32.1. The highest BCUT2D eigenvalue weighted by Gasteiger charge is 2.47. The Labute approximate surface area is 118 Å². The Bertz CT molecular complexity index is 476. The van der Waals surface area contributed by atoms with Crippen LogP contribution in [0.3, 0.4) is 0 Å². The average molecular weight is 279 g/mol. The second kappa shape index (κ2) is 4.91. The molecule has 3 rings (SSSR count). The molecule has 2 fully saturated rings.